The smallest absolute Gasteiger partial charge is 0.230 e. The Morgan fingerprint density at radius 3 is 2.44 bits per heavy atom. The van der Waals surface area contributed by atoms with E-state index in [2.05, 4.69) is 22.4 Å². The Kier molecular flexibility index (Phi) is 6.99. The first-order chi connectivity index (χ1) is 15.6. The topological polar surface area (TPSA) is 78.3 Å². The second-order valence-electron chi connectivity index (χ2n) is 7.78. The lowest BCUT2D eigenvalue weighted by atomic mass is 10.2. The van der Waals surface area contributed by atoms with Gasteiger partial charge < -0.3 is 14.8 Å². The first-order valence-corrected chi connectivity index (χ1v) is 11.8. The van der Waals surface area contributed by atoms with Gasteiger partial charge in [0.25, 0.3) is 0 Å². The summed E-state index contributed by atoms with van der Waals surface area (Å²) >= 11 is 1.38. The maximum absolute atomic E-state index is 12.5. The van der Waals surface area contributed by atoms with Gasteiger partial charge in [0.2, 0.25) is 5.91 Å². The first-order valence-electron chi connectivity index (χ1n) is 10.8. The Hall–Kier alpha value is -3.00. The number of hydrogen-bond donors (Lipinski definition) is 1. The molecule has 0 spiro atoms. The molecule has 3 aromatic rings. The fourth-order valence-corrected chi connectivity index (χ4v) is 4.28. The molecule has 4 rings (SSSR count). The van der Waals surface area contributed by atoms with E-state index in [1.165, 1.54) is 24.6 Å². The van der Waals surface area contributed by atoms with Crippen LogP contribution in [0.25, 0.3) is 17.1 Å². The molecule has 0 bridgehead atoms. The summed E-state index contributed by atoms with van der Waals surface area (Å²) in [6, 6.07) is 15.7. The van der Waals surface area contributed by atoms with Gasteiger partial charge in [-0.3, -0.25) is 9.36 Å². The molecular formula is C24H28N4O3S. The average molecular weight is 453 g/mol. The molecule has 0 radical (unpaired) electrons. The zero-order valence-electron chi connectivity index (χ0n) is 18.6. The number of hydrogen-bond acceptors (Lipinski definition) is 6. The highest BCUT2D eigenvalue weighted by Gasteiger charge is 2.29. The van der Waals surface area contributed by atoms with E-state index in [-0.39, 0.29) is 17.7 Å². The van der Waals surface area contributed by atoms with E-state index in [4.69, 9.17) is 9.47 Å². The molecule has 8 heteroatoms. The van der Waals surface area contributed by atoms with Gasteiger partial charge in [-0.1, -0.05) is 11.8 Å². The van der Waals surface area contributed by atoms with Crippen LogP contribution >= 0.6 is 11.8 Å². The minimum absolute atomic E-state index is 0.0154. The monoisotopic (exact) mass is 452 g/mol. The number of amides is 1. The summed E-state index contributed by atoms with van der Waals surface area (Å²) in [5, 5.41) is 12.6. The fraction of sp³-hybridized carbons (Fsp3) is 0.375. The predicted octanol–water partition coefficient (Wildman–Crippen LogP) is 4.35. The quantitative estimate of drug-likeness (QED) is 0.461. The van der Waals surface area contributed by atoms with Crippen LogP contribution in [0.5, 0.6) is 11.5 Å². The number of benzene rings is 2. The maximum Gasteiger partial charge on any atom is 0.230 e. The summed E-state index contributed by atoms with van der Waals surface area (Å²) in [5.74, 6) is 3.20. The van der Waals surface area contributed by atoms with Gasteiger partial charge in [-0.2, -0.15) is 0 Å². The summed E-state index contributed by atoms with van der Waals surface area (Å²) < 4.78 is 12.8. The number of nitrogens with zero attached hydrogens (tertiary/aromatic N) is 3. The maximum atomic E-state index is 12.5. The normalized spacial score (nSPS) is 14.1. The molecule has 1 heterocycles. The van der Waals surface area contributed by atoms with Crippen LogP contribution in [0.2, 0.25) is 0 Å². The van der Waals surface area contributed by atoms with Crippen LogP contribution < -0.4 is 14.8 Å². The fourth-order valence-electron chi connectivity index (χ4n) is 3.52. The summed E-state index contributed by atoms with van der Waals surface area (Å²) in [6.45, 7) is 4.64. The van der Waals surface area contributed by atoms with Crippen molar-refractivity contribution >= 4 is 17.7 Å². The van der Waals surface area contributed by atoms with Crippen molar-refractivity contribution in [3.05, 3.63) is 48.5 Å². The van der Waals surface area contributed by atoms with Crippen LogP contribution in [0, 0.1) is 5.92 Å². The molecule has 1 aliphatic carbocycles. The highest BCUT2D eigenvalue weighted by Crippen LogP contribution is 2.33. The summed E-state index contributed by atoms with van der Waals surface area (Å²) in [6.07, 6.45) is 2.40. The lowest BCUT2D eigenvalue weighted by molar-refractivity contribution is -0.119. The van der Waals surface area contributed by atoms with Crippen molar-refractivity contribution in [2.45, 2.75) is 37.9 Å². The number of nitrogens with one attached hydrogen (secondary N) is 1. The van der Waals surface area contributed by atoms with E-state index < -0.39 is 0 Å². The van der Waals surface area contributed by atoms with Gasteiger partial charge in [0.15, 0.2) is 11.0 Å². The predicted molar refractivity (Wildman–Crippen MR) is 126 cm³/mol. The third-order valence-corrected chi connectivity index (χ3v) is 6.37. The zero-order chi connectivity index (χ0) is 22.5. The zero-order valence-corrected chi connectivity index (χ0v) is 19.4. The molecule has 0 saturated heterocycles. The molecule has 168 valence electrons. The Bertz CT molecular complexity index is 1050. The number of thioether (sulfide) groups is 1. The molecule has 1 aliphatic rings. The Morgan fingerprint density at radius 1 is 1.12 bits per heavy atom. The molecule has 0 aliphatic heterocycles. The summed E-state index contributed by atoms with van der Waals surface area (Å²) in [5.41, 5.74) is 1.81. The Labute approximate surface area is 192 Å². The van der Waals surface area contributed by atoms with Gasteiger partial charge in [0, 0.05) is 17.3 Å². The van der Waals surface area contributed by atoms with Gasteiger partial charge in [-0.25, -0.2) is 0 Å². The van der Waals surface area contributed by atoms with Gasteiger partial charge >= 0.3 is 0 Å². The Balaban J connectivity index is 1.60. The van der Waals surface area contributed by atoms with E-state index >= 15 is 0 Å². The molecule has 1 N–H and O–H groups in total. The number of aromatic nitrogens is 3. The number of methoxy groups -OCH3 is 1. The van der Waals surface area contributed by atoms with Crippen molar-refractivity contribution in [3.63, 3.8) is 0 Å². The SMILES string of the molecule is CCOc1ccc(-n2c(SCC(=O)NC(C)C3CC3)nnc2-c2ccc(OC)cc2)cc1. The van der Waals surface area contributed by atoms with Crippen LogP contribution in [-0.4, -0.2) is 46.2 Å². The molecular weight excluding hydrogens is 424 g/mol. The number of rotatable bonds is 10. The van der Waals surface area contributed by atoms with Gasteiger partial charge in [-0.05, 0) is 81.1 Å². The molecule has 1 amide bonds. The summed E-state index contributed by atoms with van der Waals surface area (Å²) in [7, 11) is 1.64. The van der Waals surface area contributed by atoms with Crippen LogP contribution in [0.1, 0.15) is 26.7 Å². The molecule has 7 nitrogen and oxygen atoms in total. The second-order valence-corrected chi connectivity index (χ2v) is 8.72. The molecule has 1 aromatic heterocycles. The van der Waals surface area contributed by atoms with Crippen molar-refractivity contribution in [1.29, 1.82) is 0 Å². The molecule has 1 fully saturated rings. The van der Waals surface area contributed by atoms with E-state index in [1.54, 1.807) is 7.11 Å². The molecule has 1 saturated carbocycles. The lowest BCUT2D eigenvalue weighted by Crippen LogP contribution is -2.35. The van der Waals surface area contributed by atoms with E-state index in [0.29, 0.717) is 23.5 Å². The average Bonchev–Trinajstić information content (AvgIpc) is 3.58. The Morgan fingerprint density at radius 2 is 1.81 bits per heavy atom. The third-order valence-electron chi connectivity index (χ3n) is 5.44. The van der Waals surface area contributed by atoms with Crippen LogP contribution in [0.3, 0.4) is 0 Å². The van der Waals surface area contributed by atoms with Crippen molar-refractivity contribution in [2.24, 2.45) is 5.92 Å². The van der Waals surface area contributed by atoms with Gasteiger partial charge in [-0.15, -0.1) is 10.2 Å². The van der Waals surface area contributed by atoms with E-state index in [1.807, 2.05) is 60.0 Å². The highest BCUT2D eigenvalue weighted by molar-refractivity contribution is 7.99. The standard InChI is InChI=1S/C24H28N4O3S/c1-4-31-21-13-9-19(10-14-21)28-23(18-7-11-20(30-3)12-8-18)26-27-24(28)32-15-22(29)25-16(2)17-5-6-17/h7-14,16-17H,4-6,15H2,1-3H3,(H,25,29). The van der Waals surface area contributed by atoms with Crippen LogP contribution in [0.4, 0.5) is 0 Å². The summed E-state index contributed by atoms with van der Waals surface area (Å²) in [4.78, 5) is 12.5. The number of carbonyl (C=O) groups is 1. The molecule has 1 atom stereocenters. The number of ether oxygens (including phenoxy) is 2. The van der Waals surface area contributed by atoms with Crippen molar-refractivity contribution < 1.29 is 14.3 Å². The van der Waals surface area contributed by atoms with Crippen molar-refractivity contribution in [2.75, 3.05) is 19.5 Å². The van der Waals surface area contributed by atoms with Crippen molar-refractivity contribution in [1.82, 2.24) is 20.1 Å². The van der Waals surface area contributed by atoms with Gasteiger partial charge in [0.05, 0.1) is 19.5 Å². The molecule has 32 heavy (non-hydrogen) atoms. The second kappa shape index (κ2) is 10.1. The number of carbonyl (C=O) groups excluding carboxylic acids is 1. The van der Waals surface area contributed by atoms with E-state index in [0.717, 1.165) is 22.7 Å². The minimum atomic E-state index is 0.0154. The lowest BCUT2D eigenvalue weighted by Gasteiger charge is -2.13. The van der Waals surface area contributed by atoms with Crippen LogP contribution in [-0.2, 0) is 4.79 Å². The first kappa shape index (κ1) is 22.2. The molecule has 2 aromatic carbocycles. The van der Waals surface area contributed by atoms with Gasteiger partial charge in [0.1, 0.15) is 11.5 Å². The largest absolute Gasteiger partial charge is 0.497 e. The third kappa shape index (κ3) is 5.24. The van der Waals surface area contributed by atoms with Crippen molar-refractivity contribution in [3.8, 4) is 28.6 Å². The van der Waals surface area contributed by atoms with Crippen LogP contribution in [0.15, 0.2) is 53.7 Å². The minimum Gasteiger partial charge on any atom is -0.497 e. The molecule has 1 unspecified atom stereocenters. The van der Waals surface area contributed by atoms with E-state index in [9.17, 15) is 4.79 Å². The highest BCUT2D eigenvalue weighted by atomic mass is 32.2.